The molecule has 8 nitrogen and oxygen atoms in total. The van der Waals surface area contributed by atoms with E-state index in [9.17, 15) is 13.2 Å². The van der Waals surface area contributed by atoms with Gasteiger partial charge in [0.05, 0.1) is 11.4 Å². The lowest BCUT2D eigenvalue weighted by molar-refractivity contribution is -0.142. The number of sulfonamides is 1. The Kier molecular flexibility index (Phi) is 4.99. The van der Waals surface area contributed by atoms with Gasteiger partial charge in [-0.3, -0.25) is 4.72 Å². The van der Waals surface area contributed by atoms with Gasteiger partial charge < -0.3 is 4.84 Å². The minimum Gasteiger partial charge on any atom is -0.347 e. The highest BCUT2D eigenvalue weighted by atomic mass is 32.2. The van der Waals surface area contributed by atoms with E-state index in [0.717, 1.165) is 28.0 Å². The lowest BCUT2D eigenvalue weighted by atomic mass is 10.1. The van der Waals surface area contributed by atoms with Crippen molar-refractivity contribution in [2.45, 2.75) is 19.2 Å². The summed E-state index contributed by atoms with van der Waals surface area (Å²) in [4.78, 5) is 21.3. The van der Waals surface area contributed by atoms with Gasteiger partial charge in [-0.2, -0.15) is 0 Å². The summed E-state index contributed by atoms with van der Waals surface area (Å²) >= 11 is 1.14. The molecule has 2 heterocycles. The number of hydrazine groups is 1. The van der Waals surface area contributed by atoms with Crippen molar-refractivity contribution in [2.75, 3.05) is 9.73 Å². The Labute approximate surface area is 172 Å². The fourth-order valence-electron chi connectivity index (χ4n) is 2.81. The number of hydrogen-bond acceptors (Lipinski definition) is 8. The largest absolute Gasteiger partial charge is 0.368 e. The summed E-state index contributed by atoms with van der Waals surface area (Å²) in [5.41, 5.74) is 6.50. The van der Waals surface area contributed by atoms with E-state index in [2.05, 4.69) is 15.3 Å². The van der Waals surface area contributed by atoms with Crippen molar-refractivity contribution in [1.29, 1.82) is 0 Å². The molecule has 0 bridgehead atoms. The molecule has 2 aromatic carbocycles. The lowest BCUT2D eigenvalue weighted by Crippen LogP contribution is -2.46. The summed E-state index contributed by atoms with van der Waals surface area (Å²) in [7, 11) is -4.16. The molecule has 29 heavy (non-hydrogen) atoms. The lowest BCUT2D eigenvalue weighted by Gasteiger charge is -2.21. The SMILES string of the molecule is Cc1ccc(-c2csc(NS(=O)(=O)C3C(=O)ONN3c3ccc(C)cc3)n2)cc1. The first kappa shape index (κ1) is 19.4. The van der Waals surface area contributed by atoms with Gasteiger partial charge in [0.1, 0.15) is 0 Å². The summed E-state index contributed by atoms with van der Waals surface area (Å²) < 4.78 is 28.3. The second-order valence-electron chi connectivity index (χ2n) is 6.62. The van der Waals surface area contributed by atoms with Crippen molar-refractivity contribution in [1.82, 2.24) is 10.6 Å². The zero-order valence-electron chi connectivity index (χ0n) is 15.6. The molecule has 0 spiro atoms. The van der Waals surface area contributed by atoms with Crippen molar-refractivity contribution in [2.24, 2.45) is 0 Å². The first-order valence-corrected chi connectivity index (χ1v) is 11.1. The molecule has 0 aliphatic carbocycles. The van der Waals surface area contributed by atoms with Crippen molar-refractivity contribution in [3.05, 3.63) is 65.0 Å². The second-order valence-corrected chi connectivity index (χ2v) is 9.22. The summed E-state index contributed by atoms with van der Waals surface area (Å²) in [5, 5.41) is 1.51. The summed E-state index contributed by atoms with van der Waals surface area (Å²) in [6.07, 6.45) is 0. The molecule has 1 saturated heterocycles. The Morgan fingerprint density at radius 1 is 1.07 bits per heavy atom. The quantitative estimate of drug-likeness (QED) is 0.642. The Hall–Kier alpha value is -2.95. The molecule has 0 saturated carbocycles. The van der Waals surface area contributed by atoms with Crippen LogP contribution in [0, 0.1) is 13.8 Å². The Bertz CT molecular complexity index is 1140. The molecule has 0 radical (unpaired) electrons. The number of aromatic nitrogens is 1. The van der Waals surface area contributed by atoms with Crippen LogP contribution in [0.4, 0.5) is 10.8 Å². The van der Waals surface area contributed by atoms with E-state index in [1.54, 1.807) is 17.5 Å². The van der Waals surface area contributed by atoms with Gasteiger partial charge in [0.15, 0.2) is 5.13 Å². The maximum atomic E-state index is 12.9. The Morgan fingerprint density at radius 3 is 2.34 bits per heavy atom. The Morgan fingerprint density at radius 2 is 1.69 bits per heavy atom. The number of benzene rings is 2. The summed E-state index contributed by atoms with van der Waals surface area (Å²) in [6, 6.07) is 14.8. The third-order valence-electron chi connectivity index (χ3n) is 4.37. The molecule has 3 aromatic rings. The molecule has 1 aliphatic heterocycles. The summed E-state index contributed by atoms with van der Waals surface area (Å²) in [5.74, 6) is -0.923. The monoisotopic (exact) mass is 430 g/mol. The highest BCUT2D eigenvalue weighted by molar-refractivity contribution is 7.94. The van der Waals surface area contributed by atoms with Crippen molar-refractivity contribution >= 4 is 38.1 Å². The molecular formula is C19H18N4O4S2. The molecule has 1 unspecified atom stereocenters. The maximum absolute atomic E-state index is 12.9. The highest BCUT2D eigenvalue weighted by Gasteiger charge is 2.46. The number of carbonyl (C=O) groups is 1. The fourth-order valence-corrected chi connectivity index (χ4v) is 5.06. The van der Waals surface area contributed by atoms with E-state index in [1.165, 1.54) is 5.01 Å². The molecule has 150 valence electrons. The van der Waals surface area contributed by atoms with Crippen LogP contribution in [-0.2, 0) is 19.7 Å². The Balaban J connectivity index is 1.58. The smallest absolute Gasteiger partial charge is 0.347 e. The number of anilines is 2. The van der Waals surface area contributed by atoms with Crippen LogP contribution in [0.15, 0.2) is 53.9 Å². The van der Waals surface area contributed by atoms with Crippen LogP contribution in [0.3, 0.4) is 0 Å². The number of thiazole rings is 1. The minimum atomic E-state index is -4.16. The average molecular weight is 431 g/mol. The first-order chi connectivity index (χ1) is 13.8. The van der Waals surface area contributed by atoms with Gasteiger partial charge in [-0.15, -0.1) is 11.3 Å². The number of rotatable bonds is 5. The predicted octanol–water partition coefficient (Wildman–Crippen LogP) is 2.98. The van der Waals surface area contributed by atoms with E-state index in [-0.39, 0.29) is 5.13 Å². The average Bonchev–Trinajstić information content (AvgIpc) is 3.29. The molecule has 1 aliphatic rings. The van der Waals surface area contributed by atoms with E-state index in [4.69, 9.17) is 4.84 Å². The van der Waals surface area contributed by atoms with E-state index >= 15 is 0 Å². The van der Waals surface area contributed by atoms with Crippen LogP contribution in [0.5, 0.6) is 0 Å². The van der Waals surface area contributed by atoms with E-state index in [0.29, 0.717) is 11.4 Å². The number of aryl methyl sites for hydroxylation is 2. The molecule has 1 atom stereocenters. The van der Waals surface area contributed by atoms with Crippen LogP contribution >= 0.6 is 11.3 Å². The maximum Gasteiger partial charge on any atom is 0.368 e. The van der Waals surface area contributed by atoms with Gasteiger partial charge in [-0.25, -0.2) is 23.2 Å². The number of nitrogens with zero attached hydrogens (tertiary/aromatic N) is 2. The fraction of sp³-hybridized carbons (Fsp3) is 0.158. The van der Waals surface area contributed by atoms with Gasteiger partial charge >= 0.3 is 5.97 Å². The van der Waals surface area contributed by atoms with Gasteiger partial charge in [0.2, 0.25) is 0 Å². The molecule has 4 rings (SSSR count). The molecule has 10 heteroatoms. The zero-order valence-corrected chi connectivity index (χ0v) is 17.3. The summed E-state index contributed by atoms with van der Waals surface area (Å²) in [6.45, 7) is 3.89. The van der Waals surface area contributed by atoms with Crippen LogP contribution in [0.1, 0.15) is 11.1 Å². The zero-order chi connectivity index (χ0) is 20.6. The molecule has 1 fully saturated rings. The number of nitrogens with one attached hydrogen (secondary N) is 2. The molecular weight excluding hydrogens is 412 g/mol. The highest BCUT2D eigenvalue weighted by Crippen LogP contribution is 2.28. The molecule has 0 amide bonds. The third-order valence-corrected chi connectivity index (χ3v) is 6.72. The van der Waals surface area contributed by atoms with Crippen LogP contribution in [-0.4, -0.2) is 24.7 Å². The third kappa shape index (κ3) is 3.95. The topological polar surface area (TPSA) is 101 Å². The number of hydrogen-bond donors (Lipinski definition) is 2. The van der Waals surface area contributed by atoms with Crippen LogP contribution in [0.25, 0.3) is 11.3 Å². The molecule has 1 aromatic heterocycles. The van der Waals surface area contributed by atoms with Gasteiger partial charge in [-0.05, 0) is 26.0 Å². The standard InChI is InChI=1S/C19H18N4O4S2/c1-12-3-7-14(8-4-12)16-11-28-19(20-16)21-29(25,26)17-18(24)27-22-23(17)15-9-5-13(2)6-10-15/h3-11,17,22H,1-2H3,(H,20,21). The van der Waals surface area contributed by atoms with Crippen molar-refractivity contribution < 1.29 is 18.0 Å². The van der Waals surface area contributed by atoms with Crippen molar-refractivity contribution in [3.63, 3.8) is 0 Å². The second kappa shape index (κ2) is 7.47. The minimum absolute atomic E-state index is 0.170. The number of carbonyl (C=O) groups excluding carboxylic acids is 1. The van der Waals surface area contributed by atoms with Gasteiger partial charge in [-0.1, -0.05) is 53.1 Å². The van der Waals surface area contributed by atoms with Crippen LogP contribution < -0.4 is 15.3 Å². The normalized spacial score (nSPS) is 16.7. The first-order valence-electron chi connectivity index (χ1n) is 8.70. The predicted molar refractivity (Wildman–Crippen MR) is 112 cm³/mol. The van der Waals surface area contributed by atoms with Crippen molar-refractivity contribution in [3.8, 4) is 11.3 Å². The molecule has 2 N–H and O–H groups in total. The van der Waals surface area contributed by atoms with E-state index < -0.39 is 21.4 Å². The van der Waals surface area contributed by atoms with Gasteiger partial charge in [0, 0.05) is 10.9 Å². The van der Waals surface area contributed by atoms with E-state index in [1.807, 2.05) is 50.2 Å². The van der Waals surface area contributed by atoms with Gasteiger partial charge in [0.25, 0.3) is 15.4 Å². The van der Waals surface area contributed by atoms with Crippen LogP contribution in [0.2, 0.25) is 0 Å².